The van der Waals surface area contributed by atoms with E-state index in [-0.39, 0.29) is 0 Å². The van der Waals surface area contributed by atoms with E-state index in [0.717, 1.165) is 11.4 Å². The molecule has 0 saturated heterocycles. The lowest BCUT2D eigenvalue weighted by atomic mass is 10.5. The van der Waals surface area contributed by atoms with Crippen molar-refractivity contribution in [1.29, 1.82) is 0 Å². The van der Waals surface area contributed by atoms with Crippen molar-refractivity contribution in [2.24, 2.45) is 7.05 Å². The monoisotopic (exact) mass is 162 g/mol. The van der Waals surface area contributed by atoms with Gasteiger partial charge in [-0.15, -0.1) is 0 Å². The van der Waals surface area contributed by atoms with Crippen molar-refractivity contribution in [3.63, 3.8) is 0 Å². The highest BCUT2D eigenvalue weighted by atomic mass is 15.3. The van der Waals surface area contributed by atoms with Gasteiger partial charge >= 0.3 is 0 Å². The van der Waals surface area contributed by atoms with Crippen molar-refractivity contribution in [2.75, 3.05) is 0 Å². The third kappa shape index (κ3) is 1.11. The Balaban J connectivity index is 2.43. The van der Waals surface area contributed by atoms with Gasteiger partial charge in [0.25, 0.3) is 0 Å². The summed E-state index contributed by atoms with van der Waals surface area (Å²) in [5.74, 6) is 0. The number of aromatic nitrogens is 4. The van der Waals surface area contributed by atoms with Crippen LogP contribution in [0.25, 0.3) is 5.69 Å². The molecule has 0 spiro atoms. The van der Waals surface area contributed by atoms with Crippen molar-refractivity contribution in [2.45, 2.75) is 6.92 Å². The lowest BCUT2D eigenvalue weighted by molar-refractivity contribution is 0.765. The summed E-state index contributed by atoms with van der Waals surface area (Å²) >= 11 is 0. The highest BCUT2D eigenvalue weighted by Crippen LogP contribution is 2.04. The van der Waals surface area contributed by atoms with E-state index < -0.39 is 0 Å². The molecule has 2 aromatic heterocycles. The lowest BCUT2D eigenvalue weighted by Gasteiger charge is -1.92. The number of hydrogen-bond acceptors (Lipinski definition) is 2. The molecular weight excluding hydrogens is 152 g/mol. The van der Waals surface area contributed by atoms with Gasteiger partial charge < -0.3 is 0 Å². The standard InChI is InChI=1S/C8H10N4/c1-7-3-4-12(10-7)8-5-9-11(2)6-8/h3-6H,1-2H3. The zero-order valence-corrected chi connectivity index (χ0v) is 7.10. The maximum Gasteiger partial charge on any atom is 0.102 e. The van der Waals surface area contributed by atoms with Crippen molar-refractivity contribution < 1.29 is 0 Å². The summed E-state index contributed by atoms with van der Waals surface area (Å²) in [5.41, 5.74) is 2.00. The number of hydrogen-bond donors (Lipinski definition) is 0. The maximum atomic E-state index is 4.26. The molecule has 0 aliphatic carbocycles. The molecule has 0 bridgehead atoms. The van der Waals surface area contributed by atoms with E-state index in [1.54, 1.807) is 10.9 Å². The van der Waals surface area contributed by atoms with Gasteiger partial charge in [0.1, 0.15) is 5.69 Å². The first-order valence-corrected chi connectivity index (χ1v) is 3.77. The van der Waals surface area contributed by atoms with Gasteiger partial charge in [-0.2, -0.15) is 10.2 Å². The fourth-order valence-corrected chi connectivity index (χ4v) is 1.09. The Morgan fingerprint density at radius 1 is 1.42 bits per heavy atom. The number of nitrogens with zero attached hydrogens (tertiary/aromatic N) is 4. The van der Waals surface area contributed by atoms with E-state index in [0.29, 0.717) is 0 Å². The SMILES string of the molecule is Cc1ccn(-c2cnn(C)c2)n1. The van der Waals surface area contributed by atoms with Gasteiger partial charge in [-0.1, -0.05) is 0 Å². The molecule has 62 valence electrons. The van der Waals surface area contributed by atoms with Gasteiger partial charge in [-0.25, -0.2) is 4.68 Å². The first-order valence-electron chi connectivity index (χ1n) is 3.77. The second-order valence-corrected chi connectivity index (χ2v) is 2.77. The van der Waals surface area contributed by atoms with E-state index in [1.807, 2.05) is 37.1 Å². The summed E-state index contributed by atoms with van der Waals surface area (Å²) in [6.45, 7) is 1.97. The van der Waals surface area contributed by atoms with E-state index in [2.05, 4.69) is 10.2 Å². The molecule has 0 amide bonds. The Morgan fingerprint density at radius 2 is 2.25 bits per heavy atom. The highest BCUT2D eigenvalue weighted by molar-refractivity contribution is 5.24. The van der Waals surface area contributed by atoms with Crippen LogP contribution in [0.3, 0.4) is 0 Å². The molecular formula is C8H10N4. The molecule has 0 aliphatic heterocycles. The number of rotatable bonds is 1. The van der Waals surface area contributed by atoms with E-state index in [4.69, 9.17) is 0 Å². The molecule has 12 heavy (non-hydrogen) atoms. The van der Waals surface area contributed by atoms with Crippen LogP contribution < -0.4 is 0 Å². The van der Waals surface area contributed by atoms with Gasteiger partial charge in [0.05, 0.1) is 18.1 Å². The molecule has 2 rings (SSSR count). The average Bonchev–Trinajstić information content (AvgIpc) is 2.58. The smallest absolute Gasteiger partial charge is 0.102 e. The fourth-order valence-electron chi connectivity index (χ4n) is 1.09. The fraction of sp³-hybridized carbons (Fsp3) is 0.250. The molecule has 0 aliphatic rings. The summed E-state index contributed by atoms with van der Waals surface area (Å²) in [5, 5.41) is 8.32. The topological polar surface area (TPSA) is 35.6 Å². The third-order valence-corrected chi connectivity index (χ3v) is 1.68. The predicted molar refractivity (Wildman–Crippen MR) is 45.1 cm³/mol. The third-order valence-electron chi connectivity index (χ3n) is 1.68. The molecule has 0 aromatic carbocycles. The van der Waals surface area contributed by atoms with Crippen LogP contribution in [0, 0.1) is 6.92 Å². The van der Waals surface area contributed by atoms with Crippen molar-refractivity contribution >= 4 is 0 Å². The van der Waals surface area contributed by atoms with Crippen LogP contribution in [0.1, 0.15) is 5.69 Å². The molecule has 2 aromatic rings. The van der Waals surface area contributed by atoms with Gasteiger partial charge in [0, 0.05) is 13.2 Å². The molecule has 0 N–H and O–H groups in total. The summed E-state index contributed by atoms with van der Waals surface area (Å²) in [7, 11) is 1.89. The average molecular weight is 162 g/mol. The van der Waals surface area contributed by atoms with Crippen LogP contribution in [-0.2, 0) is 7.05 Å². The second-order valence-electron chi connectivity index (χ2n) is 2.77. The van der Waals surface area contributed by atoms with Gasteiger partial charge in [0.2, 0.25) is 0 Å². The Morgan fingerprint density at radius 3 is 2.75 bits per heavy atom. The Hall–Kier alpha value is -1.58. The van der Waals surface area contributed by atoms with Crippen molar-refractivity contribution in [1.82, 2.24) is 19.6 Å². The van der Waals surface area contributed by atoms with Crippen LogP contribution in [0.5, 0.6) is 0 Å². The van der Waals surface area contributed by atoms with E-state index >= 15 is 0 Å². The predicted octanol–water partition coefficient (Wildman–Crippen LogP) is 0.914. The van der Waals surface area contributed by atoms with Gasteiger partial charge in [-0.05, 0) is 13.0 Å². The molecule has 0 fully saturated rings. The molecule has 0 saturated carbocycles. The molecule has 0 atom stereocenters. The van der Waals surface area contributed by atoms with Crippen LogP contribution >= 0.6 is 0 Å². The van der Waals surface area contributed by atoms with Crippen LogP contribution in [0.4, 0.5) is 0 Å². The first kappa shape index (κ1) is 7.09. The van der Waals surface area contributed by atoms with Gasteiger partial charge in [0.15, 0.2) is 0 Å². The highest BCUT2D eigenvalue weighted by Gasteiger charge is 1.98. The summed E-state index contributed by atoms with van der Waals surface area (Å²) in [6.07, 6.45) is 5.63. The molecule has 2 heterocycles. The zero-order valence-electron chi connectivity index (χ0n) is 7.10. The minimum Gasteiger partial charge on any atom is -0.274 e. The minimum atomic E-state index is 0.991. The first-order chi connectivity index (χ1) is 5.75. The maximum absolute atomic E-state index is 4.26. The Kier molecular flexibility index (Phi) is 1.46. The van der Waals surface area contributed by atoms with E-state index in [9.17, 15) is 0 Å². The van der Waals surface area contributed by atoms with Crippen LogP contribution in [0.15, 0.2) is 24.7 Å². The van der Waals surface area contributed by atoms with E-state index in [1.165, 1.54) is 0 Å². The summed E-state index contributed by atoms with van der Waals surface area (Å²) in [6, 6.07) is 1.97. The molecule has 4 nitrogen and oxygen atoms in total. The molecule has 4 heteroatoms. The van der Waals surface area contributed by atoms with Crippen LogP contribution in [0.2, 0.25) is 0 Å². The lowest BCUT2D eigenvalue weighted by Crippen LogP contribution is -1.92. The van der Waals surface area contributed by atoms with Crippen LogP contribution in [-0.4, -0.2) is 19.6 Å². The summed E-state index contributed by atoms with van der Waals surface area (Å²) < 4.78 is 3.56. The minimum absolute atomic E-state index is 0.991. The normalized spacial score (nSPS) is 10.5. The quantitative estimate of drug-likeness (QED) is 0.625. The van der Waals surface area contributed by atoms with Crippen molar-refractivity contribution in [3.8, 4) is 5.69 Å². The second kappa shape index (κ2) is 2.48. The molecule has 0 radical (unpaired) electrons. The summed E-state index contributed by atoms with van der Waals surface area (Å²) in [4.78, 5) is 0. The largest absolute Gasteiger partial charge is 0.274 e. The van der Waals surface area contributed by atoms with Crippen molar-refractivity contribution in [3.05, 3.63) is 30.4 Å². The molecule has 0 unspecified atom stereocenters. The van der Waals surface area contributed by atoms with Gasteiger partial charge in [-0.3, -0.25) is 4.68 Å². The Labute approximate surface area is 70.4 Å². The Bertz CT molecular complexity index is 347. The number of aryl methyl sites for hydroxylation is 2. The zero-order chi connectivity index (χ0) is 8.55.